The molecule has 0 N–H and O–H groups in total. The second-order valence-electron chi connectivity index (χ2n) is 6.62. The number of ether oxygens (including phenoxy) is 3. The largest absolute Gasteiger partial charge is 0.493 e. The third-order valence-corrected chi connectivity index (χ3v) is 4.60. The van der Waals surface area contributed by atoms with Crippen LogP contribution in [0.1, 0.15) is 39.5 Å². The summed E-state index contributed by atoms with van der Waals surface area (Å²) in [5.74, 6) is 1.37. The van der Waals surface area contributed by atoms with Gasteiger partial charge in [-0.3, -0.25) is 9.59 Å². The lowest BCUT2D eigenvalue weighted by atomic mass is 10.0. The summed E-state index contributed by atoms with van der Waals surface area (Å²) >= 11 is 0. The van der Waals surface area contributed by atoms with Crippen LogP contribution in [-0.2, 0) is 11.2 Å². The second-order valence-corrected chi connectivity index (χ2v) is 6.62. The van der Waals surface area contributed by atoms with Gasteiger partial charge in [-0.25, -0.2) is 0 Å². The Hall–Kier alpha value is -3.08. The topological polar surface area (TPSA) is 61.8 Å². The quantitative estimate of drug-likeness (QED) is 0.464. The SMILES string of the molecule is COc1cc2c(cc1OC)C(=O)C(=Cc1cc(C)c(OC(C)=O)c(C)c1)C2. The van der Waals surface area contributed by atoms with Crippen LogP contribution in [-0.4, -0.2) is 26.0 Å². The summed E-state index contributed by atoms with van der Waals surface area (Å²) in [5, 5.41) is 0. The molecule has 0 saturated carbocycles. The number of Topliss-reactive ketones (excluding diaryl/α,β-unsaturated/α-hetero) is 1. The van der Waals surface area contributed by atoms with Crippen molar-refractivity contribution in [2.75, 3.05) is 14.2 Å². The van der Waals surface area contributed by atoms with Crippen molar-refractivity contribution in [2.24, 2.45) is 0 Å². The average molecular weight is 366 g/mol. The third kappa shape index (κ3) is 3.58. The highest BCUT2D eigenvalue weighted by Gasteiger charge is 2.27. The Kier molecular flexibility index (Phi) is 5.04. The molecule has 0 bridgehead atoms. The first-order valence-electron chi connectivity index (χ1n) is 8.64. The second kappa shape index (κ2) is 7.27. The van der Waals surface area contributed by atoms with Gasteiger partial charge in [-0.05, 0) is 66.4 Å². The number of rotatable bonds is 4. The fraction of sp³-hybridized carbons (Fsp3) is 0.273. The fourth-order valence-electron chi connectivity index (χ4n) is 3.43. The molecule has 3 rings (SSSR count). The molecule has 27 heavy (non-hydrogen) atoms. The van der Waals surface area contributed by atoms with Gasteiger partial charge < -0.3 is 14.2 Å². The summed E-state index contributed by atoms with van der Waals surface area (Å²) in [7, 11) is 3.13. The van der Waals surface area contributed by atoms with E-state index in [1.54, 1.807) is 20.3 Å². The smallest absolute Gasteiger partial charge is 0.308 e. The average Bonchev–Trinajstić information content (AvgIpc) is 2.91. The Morgan fingerprint density at radius 2 is 1.59 bits per heavy atom. The maximum Gasteiger partial charge on any atom is 0.308 e. The van der Waals surface area contributed by atoms with Gasteiger partial charge >= 0.3 is 5.97 Å². The highest BCUT2D eigenvalue weighted by molar-refractivity contribution is 6.16. The number of benzene rings is 2. The Morgan fingerprint density at radius 3 is 2.15 bits per heavy atom. The molecule has 0 aliphatic heterocycles. The molecule has 0 atom stereocenters. The fourth-order valence-corrected chi connectivity index (χ4v) is 3.43. The molecule has 5 heteroatoms. The lowest BCUT2D eigenvalue weighted by molar-refractivity contribution is -0.131. The molecule has 0 unspecified atom stereocenters. The summed E-state index contributed by atoms with van der Waals surface area (Å²) in [6.07, 6.45) is 2.43. The van der Waals surface area contributed by atoms with E-state index in [-0.39, 0.29) is 11.8 Å². The minimum absolute atomic E-state index is 0.00896. The van der Waals surface area contributed by atoms with E-state index in [9.17, 15) is 9.59 Å². The lowest BCUT2D eigenvalue weighted by Crippen LogP contribution is -2.04. The summed E-state index contributed by atoms with van der Waals surface area (Å²) in [4.78, 5) is 24.1. The zero-order valence-corrected chi connectivity index (χ0v) is 16.1. The molecule has 0 saturated heterocycles. The molecule has 0 heterocycles. The Bertz CT molecular complexity index is 946. The van der Waals surface area contributed by atoms with E-state index < -0.39 is 0 Å². The molecule has 2 aromatic carbocycles. The van der Waals surface area contributed by atoms with Gasteiger partial charge in [0.2, 0.25) is 0 Å². The normalized spacial score (nSPS) is 14.3. The van der Waals surface area contributed by atoms with Crippen LogP contribution in [0.15, 0.2) is 29.8 Å². The first kappa shape index (κ1) is 18.7. The van der Waals surface area contributed by atoms with Crippen molar-refractivity contribution in [2.45, 2.75) is 27.2 Å². The molecule has 2 aromatic rings. The van der Waals surface area contributed by atoms with Crippen molar-refractivity contribution in [3.63, 3.8) is 0 Å². The number of carbonyl (C=O) groups is 2. The molecule has 0 radical (unpaired) electrons. The molecule has 1 aliphatic rings. The maximum atomic E-state index is 12.8. The number of methoxy groups -OCH3 is 2. The predicted molar refractivity (Wildman–Crippen MR) is 103 cm³/mol. The zero-order valence-electron chi connectivity index (χ0n) is 16.1. The molecule has 5 nitrogen and oxygen atoms in total. The lowest BCUT2D eigenvalue weighted by Gasteiger charge is -2.10. The number of hydrogen-bond acceptors (Lipinski definition) is 5. The number of aryl methyl sites for hydroxylation is 2. The van der Waals surface area contributed by atoms with Crippen molar-refractivity contribution in [3.05, 3.63) is 57.7 Å². The molecular weight excluding hydrogens is 344 g/mol. The van der Waals surface area contributed by atoms with Crippen LogP contribution in [0.2, 0.25) is 0 Å². The van der Waals surface area contributed by atoms with Crippen LogP contribution in [0.4, 0.5) is 0 Å². The van der Waals surface area contributed by atoms with Crippen LogP contribution in [0.5, 0.6) is 17.2 Å². The minimum Gasteiger partial charge on any atom is -0.493 e. The predicted octanol–water partition coefficient (Wildman–Crippen LogP) is 4.07. The highest BCUT2D eigenvalue weighted by atomic mass is 16.5. The maximum absolute atomic E-state index is 12.8. The van der Waals surface area contributed by atoms with Crippen LogP contribution in [0, 0.1) is 13.8 Å². The van der Waals surface area contributed by atoms with Gasteiger partial charge in [0.25, 0.3) is 0 Å². The van der Waals surface area contributed by atoms with E-state index in [1.807, 2.05) is 38.1 Å². The molecule has 0 fully saturated rings. The standard InChI is InChI=1S/C22H22O5/c1-12-6-15(7-13(2)22(12)27-14(3)23)8-17-9-16-10-19(25-4)20(26-5)11-18(16)21(17)24/h6-8,10-11H,9H2,1-5H3. The van der Waals surface area contributed by atoms with Gasteiger partial charge in [-0.1, -0.05) is 0 Å². The van der Waals surface area contributed by atoms with E-state index in [0.29, 0.717) is 34.8 Å². The van der Waals surface area contributed by atoms with Gasteiger partial charge in [0.15, 0.2) is 17.3 Å². The van der Waals surface area contributed by atoms with E-state index in [2.05, 4.69) is 0 Å². The van der Waals surface area contributed by atoms with Crippen LogP contribution < -0.4 is 14.2 Å². The van der Waals surface area contributed by atoms with E-state index in [1.165, 1.54) is 6.92 Å². The molecular formula is C22H22O5. The third-order valence-electron chi connectivity index (χ3n) is 4.60. The van der Waals surface area contributed by atoms with Gasteiger partial charge in [-0.2, -0.15) is 0 Å². The molecule has 0 spiro atoms. The number of esters is 1. The van der Waals surface area contributed by atoms with Crippen molar-refractivity contribution in [1.29, 1.82) is 0 Å². The molecule has 0 aromatic heterocycles. The summed E-state index contributed by atoms with van der Waals surface area (Å²) in [5.41, 5.74) is 4.87. The monoisotopic (exact) mass is 366 g/mol. The highest BCUT2D eigenvalue weighted by Crippen LogP contribution is 2.37. The van der Waals surface area contributed by atoms with Crippen LogP contribution in [0.3, 0.4) is 0 Å². The minimum atomic E-state index is -0.350. The Balaban J connectivity index is 1.97. The van der Waals surface area contributed by atoms with E-state index in [0.717, 1.165) is 22.3 Å². The van der Waals surface area contributed by atoms with Gasteiger partial charge in [0.05, 0.1) is 14.2 Å². The summed E-state index contributed by atoms with van der Waals surface area (Å²) in [6.45, 7) is 5.15. The van der Waals surface area contributed by atoms with Gasteiger partial charge in [-0.15, -0.1) is 0 Å². The molecule has 1 aliphatic carbocycles. The molecule has 0 amide bonds. The van der Waals surface area contributed by atoms with E-state index >= 15 is 0 Å². The zero-order chi connectivity index (χ0) is 19.7. The van der Waals surface area contributed by atoms with Gasteiger partial charge in [0, 0.05) is 24.5 Å². The Labute approximate surface area is 158 Å². The Morgan fingerprint density at radius 1 is 1.00 bits per heavy atom. The van der Waals surface area contributed by atoms with E-state index in [4.69, 9.17) is 14.2 Å². The number of fused-ring (bicyclic) bond motifs is 1. The number of hydrogen-bond donors (Lipinski definition) is 0. The number of allylic oxidation sites excluding steroid dienone is 1. The van der Waals surface area contributed by atoms with Crippen LogP contribution in [0.25, 0.3) is 6.08 Å². The van der Waals surface area contributed by atoms with Crippen molar-refractivity contribution in [1.82, 2.24) is 0 Å². The first-order valence-corrected chi connectivity index (χ1v) is 8.64. The first-order chi connectivity index (χ1) is 12.8. The van der Waals surface area contributed by atoms with Crippen molar-refractivity contribution < 1.29 is 23.8 Å². The summed E-state index contributed by atoms with van der Waals surface area (Å²) < 4.78 is 15.9. The number of carbonyl (C=O) groups excluding carboxylic acids is 2. The van der Waals surface area contributed by atoms with Crippen LogP contribution >= 0.6 is 0 Å². The van der Waals surface area contributed by atoms with Crippen molar-refractivity contribution in [3.8, 4) is 17.2 Å². The molecule has 140 valence electrons. The number of ketones is 1. The van der Waals surface area contributed by atoms with Gasteiger partial charge in [0.1, 0.15) is 5.75 Å². The van der Waals surface area contributed by atoms with Crippen molar-refractivity contribution >= 4 is 17.8 Å². The summed E-state index contributed by atoms with van der Waals surface area (Å²) in [6, 6.07) is 7.41.